The van der Waals surface area contributed by atoms with E-state index in [2.05, 4.69) is 30.5 Å². The first-order valence-electron chi connectivity index (χ1n) is 10.7. The van der Waals surface area contributed by atoms with E-state index in [9.17, 15) is 0 Å². The molecule has 2 aliphatic rings. The van der Waals surface area contributed by atoms with Crippen LogP contribution in [-0.4, -0.2) is 15.6 Å². The molecule has 170 valence electrons. The largest absolute Gasteiger partial charge is 0.656 e. The molecule has 0 atom stereocenters. The smallest absolute Gasteiger partial charge is 0.0878 e. The van der Waals surface area contributed by atoms with Gasteiger partial charge in [-0.2, -0.15) is 0 Å². The zero-order valence-corrected chi connectivity index (χ0v) is 23.1. The van der Waals surface area contributed by atoms with Gasteiger partial charge in [-0.25, -0.2) is 4.98 Å². The molecule has 0 aromatic heterocycles. The van der Waals surface area contributed by atoms with Gasteiger partial charge in [0, 0.05) is 48.2 Å². The van der Waals surface area contributed by atoms with Crippen molar-refractivity contribution in [3.8, 4) is 17.1 Å². The number of halogens is 2. The number of rotatable bonds is 4. The third-order valence-corrected chi connectivity index (χ3v) is 5.74. The number of nitrogens with zero attached hydrogens (tertiary/aromatic N) is 4. The summed E-state index contributed by atoms with van der Waals surface area (Å²) in [6, 6.07) is 27.6. The van der Waals surface area contributed by atoms with Crippen molar-refractivity contribution in [1.82, 2.24) is 9.55 Å². The minimum atomic E-state index is 0. The van der Waals surface area contributed by atoms with E-state index in [0.29, 0.717) is 10.0 Å². The predicted molar refractivity (Wildman–Crippen MR) is 138 cm³/mol. The Balaban J connectivity index is 0.00000274. The van der Waals surface area contributed by atoms with Crippen LogP contribution in [-0.2, 0) is 21.1 Å². The fourth-order valence-electron chi connectivity index (χ4n) is 3.82. The van der Waals surface area contributed by atoms with Gasteiger partial charge in [0.25, 0.3) is 0 Å². The Labute approximate surface area is 222 Å². The molecule has 3 aromatic rings. The molecule has 0 saturated heterocycles. The second kappa shape index (κ2) is 10.3. The number of hydrogen-bond acceptors (Lipinski definition) is 2. The average Bonchev–Trinajstić information content (AvgIpc) is 2.80. The summed E-state index contributed by atoms with van der Waals surface area (Å²) in [6.07, 6.45) is 0. The number of fused-ring (bicyclic) bond motifs is 2. The molecule has 0 amide bonds. The maximum Gasteiger partial charge on any atom is 0.0878 e. The van der Waals surface area contributed by atoms with Crippen molar-refractivity contribution >= 4 is 45.6 Å². The van der Waals surface area contributed by atoms with Crippen molar-refractivity contribution in [1.29, 1.82) is 0 Å². The SMILES string of the molecule is CC(C)N=c1cc2n(-c3ccc(Cl)cc3)c3ccccc3nc-2cc1[N-]c1ccc(Cl)cc1.[W]. The molecule has 0 unspecified atom stereocenters. The number of para-hydroxylation sites is 2. The van der Waals surface area contributed by atoms with E-state index in [0.717, 1.165) is 44.8 Å². The first kappa shape index (κ1) is 24.5. The van der Waals surface area contributed by atoms with Gasteiger partial charge in [-0.15, -0.1) is 11.4 Å². The van der Waals surface area contributed by atoms with Crippen LogP contribution in [0.2, 0.25) is 10.0 Å². The summed E-state index contributed by atoms with van der Waals surface area (Å²) >= 11 is 12.2. The maximum atomic E-state index is 6.17. The number of hydrogen-bond donors (Lipinski definition) is 0. The van der Waals surface area contributed by atoms with Crippen LogP contribution in [0.15, 0.2) is 89.9 Å². The Morgan fingerprint density at radius 3 is 2.18 bits per heavy atom. The standard InChI is InChI=1S/C27H21Cl2N4.W/c1-17(2)30-24-16-27-25(15-23(24)31-20-11-7-18(28)8-12-20)32-22-5-3-4-6-26(22)33(27)21-13-9-19(29)10-14-21;/h3-17H,1-2H3;/q-1;. The van der Waals surface area contributed by atoms with Crippen molar-refractivity contribution in [2.45, 2.75) is 19.9 Å². The first-order valence-corrected chi connectivity index (χ1v) is 11.5. The van der Waals surface area contributed by atoms with Crippen LogP contribution < -0.4 is 5.36 Å². The summed E-state index contributed by atoms with van der Waals surface area (Å²) < 4.78 is 2.19. The van der Waals surface area contributed by atoms with Gasteiger partial charge in [0.15, 0.2) is 0 Å². The van der Waals surface area contributed by atoms with Crippen molar-refractivity contribution < 1.29 is 21.1 Å². The van der Waals surface area contributed by atoms with E-state index < -0.39 is 0 Å². The molecule has 0 fully saturated rings. The average molecular weight is 656 g/mol. The van der Waals surface area contributed by atoms with Gasteiger partial charge in [0.1, 0.15) is 0 Å². The summed E-state index contributed by atoms with van der Waals surface area (Å²) in [7, 11) is 0. The summed E-state index contributed by atoms with van der Waals surface area (Å²) in [5.74, 6) is 0. The summed E-state index contributed by atoms with van der Waals surface area (Å²) in [5.41, 5.74) is 6.26. The maximum absolute atomic E-state index is 6.17. The molecule has 7 heteroatoms. The van der Waals surface area contributed by atoms with Gasteiger partial charge in [-0.3, -0.25) is 4.99 Å². The van der Waals surface area contributed by atoms with E-state index in [1.807, 2.05) is 72.8 Å². The molecular weight excluding hydrogens is 635 g/mol. The van der Waals surface area contributed by atoms with Crippen LogP contribution >= 0.6 is 23.2 Å². The zero-order chi connectivity index (χ0) is 22.9. The molecule has 34 heavy (non-hydrogen) atoms. The minimum absolute atomic E-state index is 0. The van der Waals surface area contributed by atoms with Gasteiger partial charge < -0.3 is 9.88 Å². The minimum Gasteiger partial charge on any atom is -0.656 e. The van der Waals surface area contributed by atoms with Crippen LogP contribution in [0, 0.1) is 0 Å². The normalized spacial score (nSPS) is 11.7. The van der Waals surface area contributed by atoms with Gasteiger partial charge in [0.05, 0.1) is 22.4 Å². The first-order chi connectivity index (χ1) is 16.0. The molecule has 3 aromatic carbocycles. The van der Waals surface area contributed by atoms with Crippen molar-refractivity contribution in [3.05, 3.63) is 106 Å². The number of aromatic nitrogens is 2. The summed E-state index contributed by atoms with van der Waals surface area (Å²) in [6.45, 7) is 4.12. The molecular formula is C27H21Cl2N4W-. The van der Waals surface area contributed by atoms with Gasteiger partial charge >= 0.3 is 0 Å². The Morgan fingerprint density at radius 2 is 1.50 bits per heavy atom. The second-order valence-electron chi connectivity index (χ2n) is 8.05. The van der Waals surface area contributed by atoms with E-state index in [-0.39, 0.29) is 27.1 Å². The van der Waals surface area contributed by atoms with Crippen LogP contribution in [0.5, 0.6) is 0 Å². The van der Waals surface area contributed by atoms with Crippen LogP contribution in [0.1, 0.15) is 13.8 Å². The fraction of sp³-hybridized carbons (Fsp3) is 0.111. The van der Waals surface area contributed by atoms with E-state index in [1.54, 1.807) is 0 Å². The van der Waals surface area contributed by atoms with Gasteiger partial charge in [-0.05, 0) is 74.5 Å². The molecule has 0 spiro atoms. The van der Waals surface area contributed by atoms with Crippen LogP contribution in [0.25, 0.3) is 33.4 Å². The summed E-state index contributed by atoms with van der Waals surface area (Å²) in [5, 5.41) is 7.05. The Morgan fingerprint density at radius 1 is 0.853 bits per heavy atom. The van der Waals surface area contributed by atoms with E-state index >= 15 is 0 Å². The molecule has 4 nitrogen and oxygen atoms in total. The fourth-order valence-corrected chi connectivity index (χ4v) is 4.08. The van der Waals surface area contributed by atoms with Gasteiger partial charge in [0.2, 0.25) is 0 Å². The Bertz CT molecular complexity index is 1480. The van der Waals surface area contributed by atoms with E-state index in [1.165, 1.54) is 0 Å². The Kier molecular flexibility index (Phi) is 7.42. The second-order valence-corrected chi connectivity index (χ2v) is 8.93. The molecule has 5 rings (SSSR count). The van der Waals surface area contributed by atoms with Crippen molar-refractivity contribution in [2.24, 2.45) is 4.99 Å². The molecule has 1 aliphatic carbocycles. The molecule has 0 bridgehead atoms. The monoisotopic (exact) mass is 655 g/mol. The van der Waals surface area contributed by atoms with Crippen LogP contribution in [0.4, 0.5) is 11.4 Å². The van der Waals surface area contributed by atoms with Crippen molar-refractivity contribution in [2.75, 3.05) is 0 Å². The predicted octanol–water partition coefficient (Wildman–Crippen LogP) is 8.08. The molecule has 0 radical (unpaired) electrons. The quantitative estimate of drug-likeness (QED) is 0.181. The molecule has 0 N–H and O–H groups in total. The molecule has 1 aliphatic heterocycles. The Hall–Kier alpha value is -2.65. The van der Waals surface area contributed by atoms with E-state index in [4.69, 9.17) is 38.5 Å². The summed E-state index contributed by atoms with van der Waals surface area (Å²) in [4.78, 5) is 9.82. The zero-order valence-electron chi connectivity index (χ0n) is 18.6. The topological polar surface area (TPSA) is 44.3 Å². The van der Waals surface area contributed by atoms with Crippen LogP contribution in [0.3, 0.4) is 0 Å². The van der Waals surface area contributed by atoms with Crippen molar-refractivity contribution in [3.63, 3.8) is 0 Å². The number of benzene rings is 4. The third kappa shape index (κ3) is 5.05. The van der Waals surface area contributed by atoms with Gasteiger partial charge in [-0.1, -0.05) is 47.5 Å². The molecule has 0 saturated carbocycles. The molecule has 1 heterocycles. The third-order valence-electron chi connectivity index (χ3n) is 5.23.